The van der Waals surface area contributed by atoms with Crippen molar-refractivity contribution in [1.82, 2.24) is 29.1 Å². The van der Waals surface area contributed by atoms with Crippen LogP contribution in [0.15, 0.2) is 247 Å². The van der Waals surface area contributed by atoms with Gasteiger partial charge in [-0.15, -0.1) is 0 Å². The molecule has 0 bridgehead atoms. The number of fused-ring (bicyclic) bond motifs is 11. The second-order valence-corrected chi connectivity index (χ2v) is 18.5. The van der Waals surface area contributed by atoms with Crippen molar-refractivity contribution in [2.45, 2.75) is 5.41 Å². The Morgan fingerprint density at radius 1 is 0.347 bits per heavy atom. The van der Waals surface area contributed by atoms with Crippen molar-refractivity contribution >= 4 is 54.7 Å². The topological polar surface area (TPSA) is 74.6 Å². The average Bonchev–Trinajstić information content (AvgIpc) is 4.22. The van der Waals surface area contributed by atoms with Gasteiger partial charge in [0.05, 0.1) is 33.0 Å². The largest absolute Gasteiger partial charge is 0.435 e. The first-order chi connectivity index (χ1) is 35.7. The lowest BCUT2D eigenvalue weighted by molar-refractivity contribution is 0.620. The maximum absolute atomic E-state index is 6.67. The highest BCUT2D eigenvalue weighted by atomic mass is 16.3. The molecule has 0 radical (unpaired) electrons. The van der Waals surface area contributed by atoms with Crippen LogP contribution in [0.5, 0.6) is 0 Å². The van der Waals surface area contributed by atoms with Crippen LogP contribution in [0.25, 0.3) is 112 Å². The lowest BCUT2D eigenvalue weighted by Gasteiger charge is -2.34. The van der Waals surface area contributed by atoms with Crippen molar-refractivity contribution in [3.63, 3.8) is 0 Å². The first kappa shape index (κ1) is 40.2. The van der Waals surface area contributed by atoms with Crippen LogP contribution >= 0.6 is 0 Å². The minimum atomic E-state index is -0.549. The van der Waals surface area contributed by atoms with Gasteiger partial charge >= 0.3 is 0 Å². The molecule has 10 aromatic carbocycles. The molecule has 0 aliphatic heterocycles. The fraction of sp³-hybridized carbons (Fsp3) is 0.0154. The zero-order chi connectivity index (χ0) is 47.3. The van der Waals surface area contributed by atoms with Gasteiger partial charge < -0.3 is 8.98 Å². The number of aromatic nitrogens is 6. The molecule has 4 heterocycles. The van der Waals surface area contributed by atoms with Crippen molar-refractivity contribution in [1.29, 1.82) is 0 Å². The molecule has 0 amide bonds. The third-order valence-electron chi connectivity index (χ3n) is 14.7. The van der Waals surface area contributed by atoms with Gasteiger partial charge in [-0.05, 0) is 81.9 Å². The monoisotopic (exact) mass is 920 g/mol. The number of hydrogen-bond acceptors (Lipinski definition) is 5. The Labute approximate surface area is 413 Å². The molecule has 1 aliphatic carbocycles. The zero-order valence-corrected chi connectivity index (χ0v) is 38.7. The second kappa shape index (κ2) is 15.7. The van der Waals surface area contributed by atoms with Crippen molar-refractivity contribution < 1.29 is 4.42 Å². The highest BCUT2D eigenvalue weighted by molar-refractivity contribution is 6.23. The van der Waals surface area contributed by atoms with Gasteiger partial charge in [0.2, 0.25) is 11.8 Å². The summed E-state index contributed by atoms with van der Waals surface area (Å²) in [5.74, 6) is 2.02. The Morgan fingerprint density at radius 2 is 0.875 bits per heavy atom. The molecule has 0 N–H and O–H groups in total. The van der Waals surface area contributed by atoms with Crippen LogP contribution in [-0.2, 0) is 5.41 Å². The summed E-state index contributed by atoms with van der Waals surface area (Å²) in [5.41, 5.74) is 15.8. The van der Waals surface area contributed by atoms with Crippen molar-refractivity contribution in [3.05, 3.63) is 265 Å². The first-order valence-corrected chi connectivity index (χ1v) is 24.3. The molecule has 14 aromatic rings. The van der Waals surface area contributed by atoms with Crippen LogP contribution in [0, 0.1) is 0 Å². The van der Waals surface area contributed by atoms with Gasteiger partial charge in [-0.3, -0.25) is 4.57 Å². The number of nitrogens with zero attached hydrogens (tertiary/aromatic N) is 6. The summed E-state index contributed by atoms with van der Waals surface area (Å²) in [4.78, 5) is 21.4. The molecule has 72 heavy (non-hydrogen) atoms. The van der Waals surface area contributed by atoms with E-state index in [1.54, 1.807) is 0 Å². The summed E-state index contributed by atoms with van der Waals surface area (Å²) < 4.78 is 11.3. The average molecular weight is 921 g/mol. The van der Waals surface area contributed by atoms with E-state index < -0.39 is 5.41 Å². The molecular formula is C65H40N6O. The van der Waals surface area contributed by atoms with E-state index in [1.807, 2.05) is 48.5 Å². The molecule has 0 atom stereocenters. The standard InChI is InChI=1S/C65H40N6O/c1-4-19-42(20-5-1)63-66-55-32-18-29-52(60(55)72-63)62-67-61(41-35-37-44(38-36-41)65(43-21-6-2-7-22-43)53-30-14-10-25-46(53)47-26-11-15-31-54(47)65)68-64(69-62)71-57-34-17-13-28-49(57)51-40-39-50-48-27-12-16-33-56(48)70(58(50)59(51)71)45-23-8-3-9-24-45/h1-40H. The molecule has 0 unspecified atom stereocenters. The number of oxazole rings is 1. The van der Waals surface area contributed by atoms with Gasteiger partial charge in [0.25, 0.3) is 0 Å². The third-order valence-corrected chi connectivity index (χ3v) is 14.7. The molecule has 7 heteroatoms. The molecule has 4 aromatic heterocycles. The van der Waals surface area contributed by atoms with E-state index in [1.165, 1.54) is 33.2 Å². The normalized spacial score (nSPS) is 12.8. The smallest absolute Gasteiger partial charge is 0.238 e. The summed E-state index contributed by atoms with van der Waals surface area (Å²) in [7, 11) is 0. The number of para-hydroxylation sites is 4. The maximum Gasteiger partial charge on any atom is 0.238 e. The van der Waals surface area contributed by atoms with E-state index in [0.717, 1.165) is 66.2 Å². The highest BCUT2D eigenvalue weighted by Crippen LogP contribution is 2.56. The van der Waals surface area contributed by atoms with Gasteiger partial charge in [0.15, 0.2) is 17.2 Å². The van der Waals surface area contributed by atoms with Crippen molar-refractivity contribution in [2.75, 3.05) is 0 Å². The Balaban J connectivity index is 1.01. The lowest BCUT2D eigenvalue weighted by atomic mass is 9.67. The SMILES string of the molecule is c1ccc(-c2nc3cccc(-c4nc(-c5ccc(C6(c7ccccc7)c7ccccc7-c7ccccc76)cc5)nc(-n5c6ccccc6c6ccc7c8ccccc8n(-c8ccccc8)c7c65)n4)c3o2)cc1. The van der Waals surface area contributed by atoms with E-state index in [9.17, 15) is 0 Å². The Bertz CT molecular complexity index is 4390. The van der Waals surface area contributed by atoms with E-state index in [0.29, 0.717) is 34.6 Å². The summed E-state index contributed by atoms with van der Waals surface area (Å²) in [6.45, 7) is 0. The Morgan fingerprint density at radius 3 is 1.56 bits per heavy atom. The van der Waals surface area contributed by atoms with Crippen molar-refractivity contribution in [3.8, 4) is 57.0 Å². The Hall–Kier alpha value is -9.72. The second-order valence-electron chi connectivity index (χ2n) is 18.5. The number of benzene rings is 10. The molecule has 336 valence electrons. The molecule has 0 saturated carbocycles. The molecular weight excluding hydrogens is 881 g/mol. The highest BCUT2D eigenvalue weighted by Gasteiger charge is 2.45. The van der Waals surface area contributed by atoms with Gasteiger partial charge in [-0.25, -0.2) is 9.97 Å². The summed E-state index contributed by atoms with van der Waals surface area (Å²) >= 11 is 0. The molecule has 1 aliphatic rings. The minimum Gasteiger partial charge on any atom is -0.435 e. The molecule has 0 saturated heterocycles. The maximum atomic E-state index is 6.67. The fourth-order valence-corrected chi connectivity index (χ4v) is 11.7. The molecule has 15 rings (SSSR count). The van der Waals surface area contributed by atoms with Crippen LogP contribution in [0.1, 0.15) is 22.3 Å². The van der Waals surface area contributed by atoms with Crippen LogP contribution in [0.3, 0.4) is 0 Å². The zero-order valence-electron chi connectivity index (χ0n) is 38.7. The Kier molecular flexibility index (Phi) is 8.74. The van der Waals surface area contributed by atoms with E-state index >= 15 is 0 Å². The number of rotatable bonds is 7. The number of hydrogen-bond donors (Lipinski definition) is 0. The minimum absolute atomic E-state index is 0.474. The molecule has 0 spiro atoms. The fourth-order valence-electron chi connectivity index (χ4n) is 11.7. The summed E-state index contributed by atoms with van der Waals surface area (Å²) in [5, 5.41) is 4.50. The molecule has 0 fully saturated rings. The van der Waals surface area contributed by atoms with Crippen LogP contribution in [0.4, 0.5) is 0 Å². The first-order valence-electron chi connectivity index (χ1n) is 24.3. The van der Waals surface area contributed by atoms with Crippen LogP contribution in [0.2, 0.25) is 0 Å². The van der Waals surface area contributed by atoms with Crippen molar-refractivity contribution in [2.24, 2.45) is 0 Å². The summed E-state index contributed by atoms with van der Waals surface area (Å²) in [6.07, 6.45) is 0. The van der Waals surface area contributed by atoms with Gasteiger partial charge in [-0.2, -0.15) is 9.97 Å². The van der Waals surface area contributed by atoms with Gasteiger partial charge in [0, 0.05) is 38.4 Å². The van der Waals surface area contributed by atoms with Gasteiger partial charge in [0.1, 0.15) is 5.52 Å². The van der Waals surface area contributed by atoms with Crippen LogP contribution in [-0.4, -0.2) is 29.1 Å². The van der Waals surface area contributed by atoms with E-state index in [2.05, 4.69) is 203 Å². The van der Waals surface area contributed by atoms with Crippen LogP contribution < -0.4 is 0 Å². The third kappa shape index (κ3) is 5.79. The predicted octanol–water partition coefficient (Wildman–Crippen LogP) is 15.6. The van der Waals surface area contributed by atoms with Gasteiger partial charge in [-0.1, -0.05) is 194 Å². The van der Waals surface area contributed by atoms with E-state index in [4.69, 9.17) is 24.4 Å². The molecule has 7 nitrogen and oxygen atoms in total. The quantitative estimate of drug-likeness (QED) is 0.159. The summed E-state index contributed by atoms with van der Waals surface area (Å²) in [6, 6.07) is 85.7. The predicted molar refractivity (Wildman–Crippen MR) is 290 cm³/mol. The van der Waals surface area contributed by atoms with E-state index in [-0.39, 0.29) is 0 Å². The lowest BCUT2D eigenvalue weighted by Crippen LogP contribution is -2.28.